The second kappa shape index (κ2) is 9.66. The number of carbonyl (C=O) groups is 1. The lowest BCUT2D eigenvalue weighted by molar-refractivity contribution is 0.0391. The number of thioether (sulfide) groups is 1. The van der Waals surface area contributed by atoms with Crippen molar-refractivity contribution in [3.63, 3.8) is 0 Å². The molecule has 0 N–H and O–H groups in total. The molecule has 5 nitrogen and oxygen atoms in total. The van der Waals surface area contributed by atoms with Gasteiger partial charge in [0.25, 0.3) is 5.91 Å². The summed E-state index contributed by atoms with van der Waals surface area (Å²) in [7, 11) is 0. The molecule has 1 amide bonds. The van der Waals surface area contributed by atoms with E-state index in [1.165, 1.54) is 11.3 Å². The van der Waals surface area contributed by atoms with Crippen molar-refractivity contribution in [2.24, 2.45) is 0 Å². The van der Waals surface area contributed by atoms with Crippen LogP contribution in [0.15, 0.2) is 41.3 Å². The minimum atomic E-state index is -0.0176. The zero-order chi connectivity index (χ0) is 21.1. The molecule has 1 aliphatic heterocycles. The van der Waals surface area contributed by atoms with Crippen molar-refractivity contribution in [1.29, 1.82) is 0 Å². The van der Waals surface area contributed by atoms with Crippen molar-refractivity contribution >= 4 is 56.0 Å². The van der Waals surface area contributed by atoms with Crippen molar-refractivity contribution in [1.82, 2.24) is 9.88 Å². The molecule has 1 fully saturated rings. The number of fused-ring (bicyclic) bond motifs is 1. The van der Waals surface area contributed by atoms with Crippen molar-refractivity contribution in [2.45, 2.75) is 11.8 Å². The molecule has 0 atom stereocenters. The summed E-state index contributed by atoms with van der Waals surface area (Å²) in [6.07, 6.45) is 1.99. The van der Waals surface area contributed by atoms with E-state index in [-0.39, 0.29) is 5.91 Å². The van der Waals surface area contributed by atoms with Crippen LogP contribution in [0.25, 0.3) is 10.2 Å². The maximum absolute atomic E-state index is 13.6. The maximum Gasteiger partial charge on any atom is 0.261 e. The zero-order valence-electron chi connectivity index (χ0n) is 17.1. The minimum absolute atomic E-state index is 0.0176. The van der Waals surface area contributed by atoms with Crippen molar-refractivity contribution < 1.29 is 9.53 Å². The summed E-state index contributed by atoms with van der Waals surface area (Å²) in [5, 5.41) is 1.40. The number of thiazole rings is 1. The Hall–Kier alpha value is -1.64. The molecule has 0 radical (unpaired) electrons. The van der Waals surface area contributed by atoms with Gasteiger partial charge in [-0.15, -0.1) is 11.8 Å². The minimum Gasteiger partial charge on any atom is -0.379 e. The van der Waals surface area contributed by atoms with Gasteiger partial charge in [0.05, 0.1) is 29.0 Å². The fourth-order valence-corrected chi connectivity index (χ4v) is 5.61. The molecule has 0 unspecified atom stereocenters. The number of benzene rings is 2. The van der Waals surface area contributed by atoms with Gasteiger partial charge in [0.2, 0.25) is 0 Å². The van der Waals surface area contributed by atoms with E-state index in [9.17, 15) is 4.79 Å². The maximum atomic E-state index is 13.6. The summed E-state index contributed by atoms with van der Waals surface area (Å²) in [6, 6.07) is 11.6. The predicted octanol–water partition coefficient (Wildman–Crippen LogP) is 4.96. The number of halogens is 1. The molecule has 3 aromatic rings. The van der Waals surface area contributed by atoms with Crippen LogP contribution in [0.3, 0.4) is 0 Å². The predicted molar refractivity (Wildman–Crippen MR) is 127 cm³/mol. The third kappa shape index (κ3) is 4.65. The van der Waals surface area contributed by atoms with Crippen LogP contribution in [-0.4, -0.2) is 61.4 Å². The zero-order valence-corrected chi connectivity index (χ0v) is 19.4. The number of carbonyl (C=O) groups excluding carboxylic acids is 1. The number of aryl methyl sites for hydroxylation is 1. The average Bonchev–Trinajstić information content (AvgIpc) is 3.18. The summed E-state index contributed by atoms with van der Waals surface area (Å²) in [6.45, 7) is 6.61. The third-order valence-corrected chi connectivity index (χ3v) is 7.24. The first kappa shape index (κ1) is 21.6. The van der Waals surface area contributed by atoms with Gasteiger partial charge in [0, 0.05) is 36.1 Å². The number of nitrogens with zero attached hydrogens (tertiary/aromatic N) is 3. The van der Waals surface area contributed by atoms with Crippen LogP contribution in [0, 0.1) is 6.92 Å². The lowest BCUT2D eigenvalue weighted by atomic mass is 10.2. The van der Waals surface area contributed by atoms with Crippen molar-refractivity contribution in [2.75, 3.05) is 50.5 Å². The Kier molecular flexibility index (Phi) is 6.95. The summed E-state index contributed by atoms with van der Waals surface area (Å²) >= 11 is 9.35. The van der Waals surface area contributed by atoms with Gasteiger partial charge in [-0.2, -0.15) is 0 Å². The number of aromatic nitrogens is 1. The Morgan fingerprint density at radius 1 is 1.30 bits per heavy atom. The van der Waals surface area contributed by atoms with Gasteiger partial charge in [0.15, 0.2) is 5.13 Å². The number of morpholine rings is 1. The molecule has 30 heavy (non-hydrogen) atoms. The van der Waals surface area contributed by atoms with E-state index in [1.807, 2.05) is 54.5 Å². The molecule has 1 saturated heterocycles. The highest BCUT2D eigenvalue weighted by molar-refractivity contribution is 7.98. The molecule has 8 heteroatoms. The number of rotatable bonds is 6. The Bertz CT molecular complexity index is 1050. The fourth-order valence-electron chi connectivity index (χ4n) is 3.58. The molecule has 4 rings (SSSR count). The van der Waals surface area contributed by atoms with Gasteiger partial charge >= 0.3 is 0 Å². The van der Waals surface area contributed by atoms with Crippen LogP contribution >= 0.6 is 34.7 Å². The van der Waals surface area contributed by atoms with Gasteiger partial charge < -0.3 is 4.74 Å². The van der Waals surface area contributed by atoms with Crippen molar-refractivity contribution in [3.05, 3.63) is 52.5 Å². The first-order valence-corrected chi connectivity index (χ1v) is 12.3. The first-order chi connectivity index (χ1) is 14.6. The monoisotopic (exact) mass is 461 g/mol. The summed E-state index contributed by atoms with van der Waals surface area (Å²) in [4.78, 5) is 23.6. The van der Waals surface area contributed by atoms with Crippen LogP contribution in [0.4, 0.5) is 5.13 Å². The Morgan fingerprint density at radius 2 is 2.07 bits per heavy atom. The number of amides is 1. The highest BCUT2D eigenvalue weighted by Gasteiger charge is 2.24. The lowest BCUT2D eigenvalue weighted by Crippen LogP contribution is -2.43. The SMILES string of the molecule is CSc1ccccc1C(=O)N(CCN1CCOCC1)c1nc2c(C)cc(Cl)cc2s1. The molecular formula is C22H24ClN3O2S2. The Balaban J connectivity index is 1.69. The molecule has 0 saturated carbocycles. The Morgan fingerprint density at radius 3 is 2.83 bits per heavy atom. The molecule has 2 heterocycles. The van der Waals surface area contributed by atoms with Crippen LogP contribution in [0.1, 0.15) is 15.9 Å². The largest absolute Gasteiger partial charge is 0.379 e. The number of hydrogen-bond acceptors (Lipinski definition) is 6. The highest BCUT2D eigenvalue weighted by Crippen LogP contribution is 2.34. The molecule has 1 aliphatic rings. The summed E-state index contributed by atoms with van der Waals surface area (Å²) < 4.78 is 6.45. The van der Waals surface area contributed by atoms with Gasteiger partial charge in [-0.3, -0.25) is 14.6 Å². The van der Waals surface area contributed by atoms with E-state index in [4.69, 9.17) is 21.3 Å². The standard InChI is InChI=1S/C22H24ClN3O2S2/c1-15-13-16(23)14-19-20(15)24-22(30-19)26(8-7-25-9-11-28-12-10-25)21(27)17-5-3-4-6-18(17)29-2/h3-6,13-14H,7-12H2,1-2H3. The van der Waals surface area contributed by atoms with Crippen LogP contribution in [-0.2, 0) is 4.74 Å². The third-order valence-electron chi connectivity index (χ3n) is 5.20. The van der Waals surface area contributed by atoms with Crippen LogP contribution in [0.2, 0.25) is 5.02 Å². The fraction of sp³-hybridized carbons (Fsp3) is 0.364. The van der Waals surface area contributed by atoms with E-state index in [2.05, 4.69) is 4.90 Å². The quantitative estimate of drug-likeness (QED) is 0.485. The number of anilines is 1. The molecule has 0 bridgehead atoms. The number of hydrogen-bond donors (Lipinski definition) is 0. The smallest absolute Gasteiger partial charge is 0.261 e. The molecule has 0 spiro atoms. The van der Waals surface area contributed by atoms with E-state index >= 15 is 0 Å². The second-order valence-corrected chi connectivity index (χ2v) is 9.47. The van der Waals surface area contributed by atoms with Gasteiger partial charge in [-0.25, -0.2) is 4.98 Å². The van der Waals surface area contributed by atoms with E-state index < -0.39 is 0 Å². The van der Waals surface area contributed by atoms with E-state index in [0.717, 1.165) is 53.5 Å². The van der Waals surface area contributed by atoms with E-state index in [0.29, 0.717) is 22.3 Å². The normalized spacial score (nSPS) is 14.9. The lowest BCUT2D eigenvalue weighted by Gasteiger charge is -2.29. The first-order valence-electron chi connectivity index (χ1n) is 9.88. The highest BCUT2D eigenvalue weighted by atomic mass is 35.5. The summed E-state index contributed by atoms with van der Waals surface area (Å²) in [5.74, 6) is -0.0176. The average molecular weight is 462 g/mol. The molecular weight excluding hydrogens is 438 g/mol. The molecule has 158 valence electrons. The summed E-state index contributed by atoms with van der Waals surface area (Å²) in [5.41, 5.74) is 2.63. The van der Waals surface area contributed by atoms with Gasteiger partial charge in [0.1, 0.15) is 0 Å². The van der Waals surface area contributed by atoms with Crippen LogP contribution in [0.5, 0.6) is 0 Å². The molecule has 2 aromatic carbocycles. The second-order valence-electron chi connectivity index (χ2n) is 7.18. The molecule has 0 aliphatic carbocycles. The van der Waals surface area contributed by atoms with Crippen molar-refractivity contribution in [3.8, 4) is 0 Å². The topological polar surface area (TPSA) is 45.7 Å². The molecule has 1 aromatic heterocycles. The van der Waals surface area contributed by atoms with Gasteiger partial charge in [-0.1, -0.05) is 35.1 Å². The van der Waals surface area contributed by atoms with Crippen LogP contribution < -0.4 is 4.90 Å². The number of ether oxygens (including phenoxy) is 1. The van der Waals surface area contributed by atoms with Gasteiger partial charge in [-0.05, 0) is 43.0 Å². The van der Waals surface area contributed by atoms with E-state index in [1.54, 1.807) is 11.8 Å². The Labute approximate surface area is 190 Å².